The Morgan fingerprint density at radius 1 is 1.67 bits per heavy atom. The minimum atomic E-state index is -2.40. The summed E-state index contributed by atoms with van der Waals surface area (Å²) in [5, 5.41) is 3.94. The maximum absolute atomic E-state index is 13.4. The molecule has 0 saturated heterocycles. The summed E-state index contributed by atoms with van der Waals surface area (Å²) in [5.41, 5.74) is 0.252. The van der Waals surface area contributed by atoms with Crippen LogP contribution in [-0.2, 0) is 6.98 Å². The van der Waals surface area contributed by atoms with Crippen LogP contribution < -0.4 is 0 Å². The van der Waals surface area contributed by atoms with Crippen molar-refractivity contribution in [1.29, 1.82) is 0 Å². The number of benzene rings is 1. The molecule has 0 unspecified atom stereocenters. The van der Waals surface area contributed by atoms with Crippen LogP contribution in [0.25, 0.3) is 10.9 Å². The van der Waals surface area contributed by atoms with Crippen molar-refractivity contribution in [3.63, 3.8) is 0 Å². The molecule has 0 N–H and O–H groups in total. The van der Waals surface area contributed by atoms with Crippen LogP contribution in [0.3, 0.4) is 0 Å². The molecule has 1 aromatic carbocycles. The second-order valence-electron chi connectivity index (χ2n) is 2.34. The number of halogens is 2. The Balaban J connectivity index is 2.85. The maximum atomic E-state index is 13.4. The number of rotatable bonds is 0. The quantitative estimate of drug-likeness (QED) is 0.682. The second-order valence-corrected chi connectivity index (χ2v) is 3.09. The molecule has 2 nitrogen and oxygen atoms in total. The minimum absolute atomic E-state index is 0.189. The van der Waals surface area contributed by atoms with E-state index in [0.717, 1.165) is 4.68 Å². The summed E-state index contributed by atoms with van der Waals surface area (Å²) in [6, 6.07) is 4.23. The molecule has 0 aliphatic carbocycles. The molecule has 62 valence electrons. The largest absolute Gasteiger partial charge is 0.267 e. The van der Waals surface area contributed by atoms with Crippen molar-refractivity contribution in [3.8, 4) is 0 Å². The molecule has 0 atom stereocenters. The normalized spacial score (nSPS) is 15.7. The predicted molar refractivity (Wildman–Crippen MR) is 48.4 cm³/mol. The van der Waals surface area contributed by atoms with Gasteiger partial charge in [0.2, 0.25) is 0 Å². The van der Waals surface area contributed by atoms with E-state index in [1.165, 1.54) is 18.2 Å². The van der Waals surface area contributed by atoms with E-state index in [9.17, 15) is 4.39 Å². The van der Waals surface area contributed by atoms with Gasteiger partial charge >= 0.3 is 0 Å². The molecule has 4 heteroatoms. The number of nitrogens with zero attached hydrogens (tertiary/aromatic N) is 2. The average Bonchev–Trinajstić information content (AvgIpc) is 2.44. The van der Waals surface area contributed by atoms with Gasteiger partial charge < -0.3 is 0 Å². The van der Waals surface area contributed by atoms with Crippen LogP contribution in [0.2, 0.25) is 0 Å². The molecule has 12 heavy (non-hydrogen) atoms. The number of aromatic nitrogens is 2. The van der Waals surface area contributed by atoms with Gasteiger partial charge in [0.1, 0.15) is 10.4 Å². The Hall–Kier alpha value is -0.900. The van der Waals surface area contributed by atoms with E-state index in [1.54, 1.807) is 0 Å². The third-order valence-corrected chi connectivity index (χ3v) is 2.17. The van der Waals surface area contributed by atoms with E-state index in [-0.39, 0.29) is 15.5 Å². The molecule has 0 spiro atoms. The molecular weight excluding hydrogens is 223 g/mol. The van der Waals surface area contributed by atoms with Gasteiger partial charge in [0.25, 0.3) is 0 Å². The summed E-state index contributed by atoms with van der Waals surface area (Å²) in [6.45, 7) is -2.40. The van der Waals surface area contributed by atoms with Crippen LogP contribution in [0, 0.1) is 5.82 Å². The SMILES string of the molecule is [2H]C([2H])([2H])n1nc(Br)c2c(F)cccc21. The number of hydrogen-bond donors (Lipinski definition) is 0. The monoisotopic (exact) mass is 231 g/mol. The fourth-order valence-electron chi connectivity index (χ4n) is 1.09. The first-order valence-corrected chi connectivity index (χ1v) is 4.04. The number of aryl methyl sites for hydroxylation is 1. The van der Waals surface area contributed by atoms with Gasteiger partial charge in [-0.3, -0.25) is 4.68 Å². The summed E-state index contributed by atoms with van der Waals surface area (Å²) in [4.78, 5) is 0. The van der Waals surface area contributed by atoms with Gasteiger partial charge in [0.05, 0.1) is 10.9 Å². The van der Waals surface area contributed by atoms with Gasteiger partial charge in [-0.05, 0) is 28.1 Å². The van der Waals surface area contributed by atoms with Crippen molar-refractivity contribution >= 4 is 26.8 Å². The van der Waals surface area contributed by atoms with Gasteiger partial charge in [-0.15, -0.1) is 0 Å². The molecular formula is C8H6BrFN2. The molecule has 1 aromatic heterocycles. The Morgan fingerprint density at radius 3 is 3.25 bits per heavy atom. The molecule has 0 saturated carbocycles. The number of hydrogen-bond acceptors (Lipinski definition) is 1. The minimum Gasteiger partial charge on any atom is -0.267 e. The summed E-state index contributed by atoms with van der Waals surface area (Å²) in [7, 11) is 0. The highest BCUT2D eigenvalue weighted by Crippen LogP contribution is 2.24. The maximum Gasteiger partial charge on any atom is 0.138 e. The molecule has 0 bridgehead atoms. The summed E-state index contributed by atoms with van der Waals surface area (Å²) in [6.07, 6.45) is 0. The van der Waals surface area contributed by atoms with E-state index in [1.807, 2.05) is 0 Å². The van der Waals surface area contributed by atoms with E-state index < -0.39 is 12.8 Å². The third kappa shape index (κ3) is 0.948. The summed E-state index contributed by atoms with van der Waals surface area (Å²) < 4.78 is 36.1. The Kier molecular flexibility index (Phi) is 1.06. The topological polar surface area (TPSA) is 17.8 Å². The van der Waals surface area contributed by atoms with Crippen LogP contribution in [0.5, 0.6) is 0 Å². The standard InChI is InChI=1S/C8H6BrFN2/c1-12-6-4-2-3-5(10)7(6)8(9)11-12/h2-4H,1H3/i1D3. The third-order valence-electron chi connectivity index (χ3n) is 1.61. The van der Waals surface area contributed by atoms with E-state index in [0.29, 0.717) is 0 Å². The van der Waals surface area contributed by atoms with E-state index in [4.69, 9.17) is 4.11 Å². The van der Waals surface area contributed by atoms with Crippen molar-refractivity contribution in [2.24, 2.45) is 6.98 Å². The van der Waals surface area contributed by atoms with Crippen molar-refractivity contribution < 1.29 is 8.50 Å². The lowest BCUT2D eigenvalue weighted by atomic mass is 10.2. The zero-order valence-electron chi connectivity index (χ0n) is 8.88. The van der Waals surface area contributed by atoms with Gasteiger partial charge in [0, 0.05) is 11.1 Å². The Morgan fingerprint density at radius 2 is 2.50 bits per heavy atom. The first-order chi connectivity index (χ1) is 6.91. The lowest BCUT2D eigenvalue weighted by Gasteiger charge is -1.92. The van der Waals surface area contributed by atoms with Crippen LogP contribution in [0.15, 0.2) is 22.8 Å². The molecule has 1 heterocycles. The van der Waals surface area contributed by atoms with Gasteiger partial charge in [-0.25, -0.2) is 4.39 Å². The first-order valence-electron chi connectivity index (χ1n) is 4.74. The summed E-state index contributed by atoms with van der Waals surface area (Å²) >= 11 is 3.04. The van der Waals surface area contributed by atoms with Gasteiger partial charge in [0.15, 0.2) is 0 Å². The smallest absolute Gasteiger partial charge is 0.138 e. The molecule has 0 radical (unpaired) electrons. The first kappa shape index (κ1) is 4.97. The van der Waals surface area contributed by atoms with Crippen molar-refractivity contribution in [1.82, 2.24) is 9.78 Å². The molecule has 2 aromatic rings. The Bertz CT molecular complexity index is 520. The van der Waals surface area contributed by atoms with Crippen LogP contribution in [0.4, 0.5) is 4.39 Å². The van der Waals surface area contributed by atoms with Gasteiger partial charge in [-0.1, -0.05) is 6.07 Å². The fraction of sp³-hybridized carbons (Fsp3) is 0.125. The molecule has 0 aliphatic heterocycles. The highest BCUT2D eigenvalue weighted by atomic mass is 79.9. The Labute approximate surface area is 81.3 Å². The van der Waals surface area contributed by atoms with Crippen LogP contribution >= 0.6 is 15.9 Å². The van der Waals surface area contributed by atoms with Crippen molar-refractivity contribution in [2.45, 2.75) is 0 Å². The van der Waals surface area contributed by atoms with E-state index in [2.05, 4.69) is 21.0 Å². The summed E-state index contributed by atoms with van der Waals surface area (Å²) in [5.74, 6) is -0.491. The second kappa shape index (κ2) is 2.55. The average molecular weight is 232 g/mol. The zero-order chi connectivity index (χ0) is 11.2. The molecule has 2 rings (SSSR count). The zero-order valence-corrected chi connectivity index (χ0v) is 7.47. The predicted octanol–water partition coefficient (Wildman–Crippen LogP) is 2.47. The lowest BCUT2D eigenvalue weighted by Crippen LogP contribution is -1.88. The molecule has 0 fully saturated rings. The number of fused-ring (bicyclic) bond motifs is 1. The van der Waals surface area contributed by atoms with Crippen molar-refractivity contribution in [2.75, 3.05) is 0 Å². The van der Waals surface area contributed by atoms with E-state index >= 15 is 0 Å². The van der Waals surface area contributed by atoms with Crippen LogP contribution in [-0.4, -0.2) is 9.78 Å². The molecule has 0 amide bonds. The van der Waals surface area contributed by atoms with Crippen molar-refractivity contribution in [3.05, 3.63) is 28.6 Å². The highest BCUT2D eigenvalue weighted by molar-refractivity contribution is 9.10. The lowest BCUT2D eigenvalue weighted by molar-refractivity contribution is 0.639. The molecule has 0 aliphatic rings. The van der Waals surface area contributed by atoms with Crippen LogP contribution in [0.1, 0.15) is 4.11 Å². The van der Waals surface area contributed by atoms with Gasteiger partial charge in [-0.2, -0.15) is 5.10 Å². The fourth-order valence-corrected chi connectivity index (χ4v) is 1.64. The highest BCUT2D eigenvalue weighted by Gasteiger charge is 2.09.